The minimum Gasteiger partial charge on any atom is -0.478 e. The Labute approximate surface area is 650 Å². The number of nitrogens with one attached hydrogen (secondary N) is 3. The Balaban J connectivity index is 0.000000337. The number of carboxylic acid groups (broad SMARTS) is 1. The van der Waals surface area contributed by atoms with Crippen LogP contribution >= 0.6 is 45.2 Å². The molecule has 29 heteroatoms. The normalized spacial score (nSPS) is 13.3. The number of ether oxygens (including phenoxy) is 10. The van der Waals surface area contributed by atoms with Crippen molar-refractivity contribution in [3.63, 3.8) is 0 Å². The Morgan fingerprint density at radius 2 is 0.802 bits per heavy atom. The number of carbonyl (C=O) groups is 6. The molecule has 0 saturated carbocycles. The zero-order valence-corrected chi connectivity index (χ0v) is 65.8. The predicted molar refractivity (Wildman–Crippen MR) is 424 cm³/mol. The average Bonchev–Trinajstić information content (AvgIpc) is 1.61. The number of hydrogen-bond acceptors (Lipinski definition) is 21. The number of primary amides is 2. The number of Topliss-reactive ketones (excluding diaryl/α,β-unsaturated/α-hetero) is 2. The van der Waals surface area contributed by atoms with Gasteiger partial charge in [0.15, 0.2) is 11.6 Å². The summed E-state index contributed by atoms with van der Waals surface area (Å²) in [6, 6.07) is 25.0. The minimum absolute atomic E-state index is 0. The lowest BCUT2D eigenvalue weighted by atomic mass is 9.75. The fraction of sp³-hybridized carbons (Fsp3) is 0.532. The van der Waals surface area contributed by atoms with Gasteiger partial charge in [-0.15, -0.1) is 0 Å². The number of benzene rings is 4. The summed E-state index contributed by atoms with van der Waals surface area (Å²) in [5.74, 6) is -1.75. The van der Waals surface area contributed by atoms with Gasteiger partial charge in [0.25, 0.3) is 17.7 Å². The number of nitrogens with two attached hydrogens (primary N) is 3. The maximum absolute atomic E-state index is 12.9. The van der Waals surface area contributed by atoms with E-state index in [9.17, 15) is 28.8 Å². The van der Waals surface area contributed by atoms with E-state index in [-0.39, 0.29) is 35.7 Å². The van der Waals surface area contributed by atoms with E-state index < -0.39 is 17.8 Å². The number of aromatic carboxylic acids is 1. The first-order chi connectivity index (χ1) is 50.5. The molecule has 0 fully saturated rings. The molecule has 10 N–H and O–H groups in total. The smallest absolute Gasteiger partial charge is 0.335 e. The molecule has 0 aliphatic heterocycles. The summed E-state index contributed by atoms with van der Waals surface area (Å²) < 4.78 is 60.9. The lowest BCUT2D eigenvalue weighted by Gasteiger charge is -2.29. The highest BCUT2D eigenvalue weighted by molar-refractivity contribution is 14.1. The third-order valence-corrected chi connectivity index (χ3v) is 17.7. The molecule has 2 heterocycles. The number of carbonyl (C=O) groups excluding carboxylic acids is 5. The van der Waals surface area contributed by atoms with Gasteiger partial charge in [-0.05, 0) is 188 Å². The van der Waals surface area contributed by atoms with Crippen LogP contribution in [-0.2, 0) is 60.2 Å². The molecular formula is C77H110I2N10O17. The van der Waals surface area contributed by atoms with E-state index in [1.54, 1.807) is 36.4 Å². The second kappa shape index (κ2) is 48.5. The number of aromatic nitrogens is 4. The van der Waals surface area contributed by atoms with Crippen LogP contribution in [0.25, 0.3) is 11.4 Å². The van der Waals surface area contributed by atoms with Gasteiger partial charge >= 0.3 is 5.97 Å². The molecule has 6 aromatic rings. The first-order valence-corrected chi connectivity index (χ1v) is 37.7. The van der Waals surface area contributed by atoms with E-state index in [0.29, 0.717) is 228 Å². The third-order valence-electron chi connectivity index (χ3n) is 16.4. The highest BCUT2D eigenvalue weighted by Gasteiger charge is 2.37. The van der Waals surface area contributed by atoms with Crippen LogP contribution in [0.3, 0.4) is 0 Å². The third kappa shape index (κ3) is 31.8. The molecule has 0 spiro atoms. The Hall–Kier alpha value is -6.86. The largest absolute Gasteiger partial charge is 0.478 e. The maximum Gasteiger partial charge on any atom is 0.335 e. The molecule has 0 atom stereocenters. The number of nitrogens with zero attached hydrogens (tertiary/aromatic N) is 4. The lowest BCUT2D eigenvalue weighted by Crippen LogP contribution is -2.28. The van der Waals surface area contributed by atoms with Crippen LogP contribution < -0.4 is 33.2 Å². The standard InChI is InChI=1S/C38H52IN5O8.C31H49N5O7.C7H5IO2.CH4/c1-27-35-33(25-38(2,3)26-34(35)45)44(43-27)30-9-10-31(36(40)46)32(24-30)41-11-5-13-48-15-17-50-19-21-52-22-20-51-18-16-49-14-6-12-42-37(47)28-7-4-8-29(39)23-28;1-23-29-27(21-31(2,3)22-28(29)37)36(35-23)24-6-7-25(30(33)38)26(20-24)34-9-5-11-40-13-15-42-17-19-43-18-16-41-14-12-39-10-4-8-32;8-6-3-1-2-5(4-6)7(9)10;/h4,7-10,23-24,41H,5-6,11-22,25-26H2,1-3H3,(H2,40,46)(H,42,47);6-7,20,34H,4-5,8-19,21-22,32H2,1-3H3,(H2,33,38);1-4H,(H,9,10);1H4. The van der Waals surface area contributed by atoms with Crippen LogP contribution in [0, 0.1) is 31.8 Å². The number of amides is 3. The van der Waals surface area contributed by atoms with E-state index >= 15 is 0 Å². The number of anilines is 2. The number of fused-ring (bicyclic) bond motifs is 2. The predicted octanol–water partition coefficient (Wildman–Crippen LogP) is 10.0. The van der Waals surface area contributed by atoms with Gasteiger partial charge < -0.3 is 85.6 Å². The quantitative estimate of drug-likeness (QED) is 0.0138. The van der Waals surface area contributed by atoms with E-state index in [1.807, 2.05) is 71.7 Å². The number of rotatable bonds is 47. The molecule has 584 valence electrons. The fourth-order valence-electron chi connectivity index (χ4n) is 11.4. The summed E-state index contributed by atoms with van der Waals surface area (Å²) in [5.41, 5.74) is 25.6. The average molecular weight is 1700 g/mol. The molecule has 0 unspecified atom stereocenters. The topological polar surface area (TPSA) is 365 Å². The second-order valence-electron chi connectivity index (χ2n) is 26.5. The molecule has 3 amide bonds. The van der Waals surface area contributed by atoms with Crippen LogP contribution in [0.4, 0.5) is 11.4 Å². The fourth-order valence-corrected chi connectivity index (χ4v) is 12.5. The van der Waals surface area contributed by atoms with Crippen molar-refractivity contribution >= 4 is 91.8 Å². The van der Waals surface area contributed by atoms with Crippen molar-refractivity contribution in [3.8, 4) is 11.4 Å². The SMILES string of the molecule is C.Cc1nn(-c2ccc(C(N)=O)c(NCCCOCCOCCOCCOCCOCCCN)c2)c2c1C(=O)CC(C)(C)C2.Cc1nn(-c2ccc(C(N)=O)c(NCCCOCCOCCOCCOCCOCCCNC(=O)c3cccc(I)c3)c2)c2c1C(=O)CC(C)(C)C2.O=C(O)c1cccc(I)c1. The van der Waals surface area contributed by atoms with Crippen molar-refractivity contribution in [2.45, 2.75) is 100 Å². The summed E-state index contributed by atoms with van der Waals surface area (Å²) in [7, 11) is 0. The Morgan fingerprint density at radius 1 is 0.472 bits per heavy atom. The van der Waals surface area contributed by atoms with Crippen molar-refractivity contribution in [2.24, 2.45) is 28.0 Å². The van der Waals surface area contributed by atoms with Gasteiger partial charge in [0.2, 0.25) is 0 Å². The van der Waals surface area contributed by atoms with Crippen LogP contribution in [0.2, 0.25) is 0 Å². The number of halogens is 2. The highest BCUT2D eigenvalue weighted by atomic mass is 127. The van der Waals surface area contributed by atoms with Crippen molar-refractivity contribution in [3.05, 3.63) is 148 Å². The lowest BCUT2D eigenvalue weighted by molar-refractivity contribution is -0.0111. The zero-order valence-electron chi connectivity index (χ0n) is 61.5. The van der Waals surface area contributed by atoms with Crippen LogP contribution in [0.15, 0.2) is 84.9 Å². The summed E-state index contributed by atoms with van der Waals surface area (Å²) in [5, 5.41) is 27.4. The first-order valence-electron chi connectivity index (χ1n) is 35.6. The summed E-state index contributed by atoms with van der Waals surface area (Å²) >= 11 is 4.26. The summed E-state index contributed by atoms with van der Waals surface area (Å²) in [6.07, 6.45) is 5.51. The number of carboxylic acids is 1. The van der Waals surface area contributed by atoms with Crippen LogP contribution in [0.5, 0.6) is 0 Å². The molecule has 106 heavy (non-hydrogen) atoms. The van der Waals surface area contributed by atoms with Crippen LogP contribution in [-0.4, -0.2) is 218 Å². The zero-order chi connectivity index (χ0) is 76.0. The molecular weight excluding hydrogens is 1590 g/mol. The van der Waals surface area contributed by atoms with Gasteiger partial charge in [-0.25, -0.2) is 14.2 Å². The van der Waals surface area contributed by atoms with Gasteiger partial charge in [0.05, 0.1) is 168 Å². The van der Waals surface area contributed by atoms with Crippen molar-refractivity contribution in [1.82, 2.24) is 24.9 Å². The maximum atomic E-state index is 12.9. The molecule has 0 bridgehead atoms. The van der Waals surface area contributed by atoms with Crippen molar-refractivity contribution in [1.29, 1.82) is 0 Å². The molecule has 8 rings (SSSR count). The van der Waals surface area contributed by atoms with E-state index in [1.165, 1.54) is 0 Å². The van der Waals surface area contributed by atoms with Crippen molar-refractivity contribution in [2.75, 3.05) is 169 Å². The van der Waals surface area contributed by atoms with Crippen LogP contribution in [0.1, 0.15) is 159 Å². The van der Waals surface area contributed by atoms with Gasteiger partial charge in [-0.3, -0.25) is 24.0 Å². The Kier molecular flexibility index (Phi) is 41.1. The Morgan fingerprint density at radius 3 is 1.13 bits per heavy atom. The van der Waals surface area contributed by atoms with E-state index in [0.717, 1.165) is 67.7 Å². The molecule has 2 aromatic heterocycles. The van der Waals surface area contributed by atoms with Crippen molar-refractivity contribution < 1.29 is 81.2 Å². The Bertz CT molecular complexity index is 3720. The second-order valence-corrected chi connectivity index (χ2v) is 29.0. The minimum atomic E-state index is -0.876. The van der Waals surface area contributed by atoms with Gasteiger partial charge in [-0.1, -0.05) is 47.3 Å². The van der Waals surface area contributed by atoms with E-state index in [2.05, 4.69) is 99.0 Å². The molecule has 0 saturated heterocycles. The number of aryl methyl sites for hydroxylation is 2. The summed E-state index contributed by atoms with van der Waals surface area (Å²) in [6.45, 7) is 24.6. The first kappa shape index (κ1) is 89.8. The molecule has 2 aliphatic carbocycles. The molecule has 2 aliphatic rings. The molecule has 27 nitrogen and oxygen atoms in total. The summed E-state index contributed by atoms with van der Waals surface area (Å²) in [4.78, 5) is 72.4. The number of hydrogen-bond donors (Lipinski definition) is 7. The van der Waals surface area contributed by atoms with Gasteiger partial charge in [-0.2, -0.15) is 10.2 Å². The molecule has 4 aromatic carbocycles. The highest BCUT2D eigenvalue weighted by Crippen LogP contribution is 2.39. The monoisotopic (exact) mass is 1700 g/mol. The van der Waals surface area contributed by atoms with E-state index in [4.69, 9.17) is 69.7 Å². The van der Waals surface area contributed by atoms with Gasteiger partial charge in [0.1, 0.15) is 0 Å². The van der Waals surface area contributed by atoms with Gasteiger partial charge in [0, 0.05) is 83.0 Å². The molecule has 0 radical (unpaired) electrons. The number of ketones is 2.